The largest absolute Gasteiger partial charge is 0.496 e. The van der Waals surface area contributed by atoms with Gasteiger partial charge in [-0.15, -0.1) is 22.6 Å². The lowest BCUT2D eigenvalue weighted by molar-refractivity contribution is 0.0985. The molecule has 3 aromatic rings. The van der Waals surface area contributed by atoms with Gasteiger partial charge in [0.15, 0.2) is 23.1 Å². The van der Waals surface area contributed by atoms with Crippen molar-refractivity contribution in [1.82, 2.24) is 24.6 Å². The Bertz CT molecular complexity index is 1210. The van der Waals surface area contributed by atoms with Crippen molar-refractivity contribution in [1.29, 1.82) is 0 Å². The number of hydrogen-bond acceptors (Lipinski definition) is 8. The zero-order valence-electron chi connectivity index (χ0n) is 20.6. The molecule has 1 aromatic carbocycles. The molecule has 5 rings (SSSR count). The van der Waals surface area contributed by atoms with Crippen LogP contribution in [0.2, 0.25) is 0 Å². The van der Waals surface area contributed by atoms with E-state index in [1.54, 1.807) is 18.9 Å². The zero-order chi connectivity index (χ0) is 23.9. The molecule has 1 aliphatic carbocycles. The van der Waals surface area contributed by atoms with Crippen molar-refractivity contribution in [2.75, 3.05) is 32.5 Å². The van der Waals surface area contributed by atoms with Crippen molar-refractivity contribution < 1.29 is 13.9 Å². The molecule has 0 amide bonds. The molecular formula is C25H32ClN5O3S. The Morgan fingerprint density at radius 1 is 1.34 bits per heavy atom. The van der Waals surface area contributed by atoms with E-state index in [1.165, 1.54) is 18.4 Å². The number of methoxy groups -OCH3 is 1. The summed E-state index contributed by atoms with van der Waals surface area (Å²) >= 11 is 1.72. The quantitative estimate of drug-likeness (QED) is 0.220. The molecule has 8 nitrogen and oxygen atoms in total. The van der Waals surface area contributed by atoms with Crippen LogP contribution in [0.5, 0.6) is 5.75 Å². The third kappa shape index (κ3) is 4.73. The third-order valence-corrected chi connectivity index (χ3v) is 8.35. The number of carbonyl (C=O) groups excluding carboxylic acids is 1. The highest BCUT2D eigenvalue weighted by molar-refractivity contribution is 7.99. The highest BCUT2D eigenvalue weighted by atomic mass is 35.5. The first-order valence-electron chi connectivity index (χ1n) is 11.8. The van der Waals surface area contributed by atoms with Crippen LogP contribution in [0, 0.1) is 12.8 Å². The molecule has 35 heavy (non-hydrogen) atoms. The Morgan fingerprint density at radius 2 is 2.17 bits per heavy atom. The first-order valence-corrected chi connectivity index (χ1v) is 12.8. The molecule has 2 aromatic heterocycles. The fraction of sp³-hybridized carbons (Fsp3) is 0.520. The summed E-state index contributed by atoms with van der Waals surface area (Å²) in [6.45, 7) is 7.06. The average Bonchev–Trinajstić information content (AvgIpc) is 3.13. The first-order chi connectivity index (χ1) is 16.5. The average molecular weight is 518 g/mol. The minimum atomic E-state index is 0. The zero-order valence-corrected chi connectivity index (χ0v) is 22.2. The van der Waals surface area contributed by atoms with Crippen molar-refractivity contribution in [3.05, 3.63) is 41.4 Å². The van der Waals surface area contributed by atoms with E-state index < -0.39 is 0 Å². The van der Waals surface area contributed by atoms with Gasteiger partial charge in [0.1, 0.15) is 5.75 Å². The number of oxazole rings is 1. The van der Waals surface area contributed by atoms with Gasteiger partial charge in [0.05, 0.1) is 18.4 Å². The summed E-state index contributed by atoms with van der Waals surface area (Å²) in [6.07, 6.45) is 4.23. The number of thioether (sulfide) groups is 1. The molecule has 10 heteroatoms. The highest BCUT2D eigenvalue weighted by Crippen LogP contribution is 2.59. The van der Waals surface area contributed by atoms with Crippen molar-refractivity contribution >= 4 is 30.0 Å². The molecule has 1 saturated carbocycles. The van der Waals surface area contributed by atoms with E-state index in [0.29, 0.717) is 29.7 Å². The van der Waals surface area contributed by atoms with E-state index in [2.05, 4.69) is 32.2 Å². The smallest absolute Gasteiger partial charge is 0.202 e. The van der Waals surface area contributed by atoms with Gasteiger partial charge in [-0.3, -0.25) is 4.79 Å². The maximum atomic E-state index is 12.4. The molecule has 1 aliphatic heterocycles. The summed E-state index contributed by atoms with van der Waals surface area (Å²) in [5.41, 5.74) is 3.04. The molecule has 0 N–H and O–H groups in total. The number of carbonyl (C=O) groups is 1. The number of ketones is 1. The molecule has 0 radical (unpaired) electrons. The van der Waals surface area contributed by atoms with Gasteiger partial charge in [-0.25, -0.2) is 4.98 Å². The Morgan fingerprint density at radius 3 is 2.89 bits per heavy atom. The SMILES string of the molecule is CCC(=O)c1cc(C23C[C@@H]2CN(CCCSc2nnc(-c4ocnc4C)n2C)C3)ccc1OC.Cl. The fourth-order valence-corrected chi connectivity index (χ4v) is 6.07. The number of hydrogen-bond donors (Lipinski definition) is 0. The third-order valence-electron chi connectivity index (χ3n) is 7.25. The molecule has 188 valence electrons. The van der Waals surface area contributed by atoms with Crippen molar-refractivity contribution in [3.8, 4) is 17.3 Å². The van der Waals surface area contributed by atoms with Gasteiger partial charge in [-0.05, 0) is 49.9 Å². The van der Waals surface area contributed by atoms with E-state index in [-0.39, 0.29) is 23.6 Å². The van der Waals surface area contributed by atoms with Crippen LogP contribution in [0.4, 0.5) is 0 Å². The maximum Gasteiger partial charge on any atom is 0.202 e. The number of Topliss-reactive ketones (excluding diaryl/α,β-unsaturated/α-hetero) is 1. The topological polar surface area (TPSA) is 86.3 Å². The Labute approximate surface area is 216 Å². The lowest BCUT2D eigenvalue weighted by Gasteiger charge is -2.21. The van der Waals surface area contributed by atoms with Crippen LogP contribution in [0.15, 0.2) is 34.2 Å². The van der Waals surface area contributed by atoms with Crippen molar-refractivity contribution in [3.63, 3.8) is 0 Å². The normalized spacial score (nSPS) is 21.0. The number of ether oxygens (including phenoxy) is 1. The predicted molar refractivity (Wildman–Crippen MR) is 138 cm³/mol. The minimum absolute atomic E-state index is 0. The Kier molecular flexibility index (Phi) is 7.59. The summed E-state index contributed by atoms with van der Waals surface area (Å²) in [5, 5.41) is 9.51. The fourth-order valence-electron chi connectivity index (χ4n) is 5.24. The number of benzene rings is 1. The van der Waals surface area contributed by atoms with Crippen LogP contribution in [-0.4, -0.2) is 62.9 Å². The lowest BCUT2D eigenvalue weighted by Crippen LogP contribution is -2.28. The van der Waals surface area contributed by atoms with Crippen LogP contribution in [0.25, 0.3) is 11.6 Å². The summed E-state index contributed by atoms with van der Waals surface area (Å²) < 4.78 is 12.9. The number of fused-ring (bicyclic) bond motifs is 1. The molecule has 0 bridgehead atoms. The molecule has 0 spiro atoms. The molecule has 2 fully saturated rings. The van der Waals surface area contributed by atoms with Gasteiger partial charge >= 0.3 is 0 Å². The monoisotopic (exact) mass is 517 g/mol. The van der Waals surface area contributed by atoms with Gasteiger partial charge in [0.25, 0.3) is 0 Å². The lowest BCUT2D eigenvalue weighted by atomic mass is 9.92. The van der Waals surface area contributed by atoms with Crippen molar-refractivity contribution in [2.24, 2.45) is 13.0 Å². The van der Waals surface area contributed by atoms with E-state index in [4.69, 9.17) is 9.15 Å². The molecule has 3 heterocycles. The van der Waals surface area contributed by atoms with Gasteiger partial charge in [0.2, 0.25) is 5.82 Å². The molecule has 2 atom stereocenters. The summed E-state index contributed by atoms with van der Waals surface area (Å²) in [7, 11) is 3.59. The van der Waals surface area contributed by atoms with E-state index >= 15 is 0 Å². The van der Waals surface area contributed by atoms with Gasteiger partial charge in [0, 0.05) is 37.7 Å². The van der Waals surface area contributed by atoms with Crippen LogP contribution < -0.4 is 4.74 Å². The van der Waals surface area contributed by atoms with Crippen molar-refractivity contribution in [2.45, 2.75) is 43.7 Å². The minimum Gasteiger partial charge on any atom is -0.496 e. The first kappa shape index (κ1) is 25.7. The summed E-state index contributed by atoms with van der Waals surface area (Å²) in [4.78, 5) is 19.1. The molecule has 1 saturated heterocycles. The molecule has 2 aliphatic rings. The standard InChI is InChI=1S/C25H31N5O3S.ClH/c1-5-20(31)19-11-17(7-8-21(19)32-4)25-12-18(25)13-30(14-25)9-6-10-34-24-28-27-23(29(24)3)22-16(2)26-15-33-22;/h7-8,11,15,18H,5-6,9-10,12-14H2,1-4H3;1H/t18-,25?;/m1./s1. The molecular weight excluding hydrogens is 486 g/mol. The number of aryl methyl sites for hydroxylation is 1. The second-order valence-corrected chi connectivity index (χ2v) is 10.4. The van der Waals surface area contributed by atoms with Gasteiger partial charge < -0.3 is 18.6 Å². The second kappa shape index (κ2) is 10.3. The van der Waals surface area contributed by atoms with E-state index in [0.717, 1.165) is 48.2 Å². The number of piperidine rings is 1. The van der Waals surface area contributed by atoms with Crippen LogP contribution in [0.3, 0.4) is 0 Å². The van der Waals surface area contributed by atoms with Gasteiger partial charge in [-0.1, -0.05) is 24.8 Å². The molecule has 1 unspecified atom stereocenters. The van der Waals surface area contributed by atoms with Crippen LogP contribution in [0.1, 0.15) is 47.8 Å². The van der Waals surface area contributed by atoms with E-state index in [1.807, 2.05) is 31.5 Å². The Balaban J connectivity index is 0.00000289. The van der Waals surface area contributed by atoms with Crippen LogP contribution >= 0.6 is 24.2 Å². The predicted octanol–water partition coefficient (Wildman–Crippen LogP) is 4.56. The maximum absolute atomic E-state index is 12.4. The number of halogens is 1. The number of rotatable bonds is 10. The van der Waals surface area contributed by atoms with E-state index in [9.17, 15) is 4.79 Å². The number of likely N-dealkylation sites (tertiary alicyclic amines) is 1. The highest BCUT2D eigenvalue weighted by Gasteiger charge is 2.60. The van der Waals surface area contributed by atoms with Crippen LogP contribution in [-0.2, 0) is 12.5 Å². The summed E-state index contributed by atoms with van der Waals surface area (Å²) in [5.74, 6) is 3.87. The summed E-state index contributed by atoms with van der Waals surface area (Å²) in [6, 6.07) is 6.22. The number of nitrogens with zero attached hydrogens (tertiary/aromatic N) is 5. The second-order valence-electron chi connectivity index (χ2n) is 9.32. The Hall–Kier alpha value is -2.36. The van der Waals surface area contributed by atoms with Gasteiger partial charge in [-0.2, -0.15) is 0 Å². The number of aromatic nitrogens is 4.